The number of nitrogens with zero attached hydrogens (tertiary/aromatic N) is 2. The molecule has 2 aromatic carbocycles. The Balaban J connectivity index is 1.41. The summed E-state index contributed by atoms with van der Waals surface area (Å²) in [5, 5.41) is 11.8. The molecular weight excluding hydrogens is 384 g/mol. The Morgan fingerprint density at radius 1 is 1.03 bits per heavy atom. The number of aliphatic hydroxyl groups is 1. The minimum Gasteiger partial charge on any atom is -0.390 e. The van der Waals surface area contributed by atoms with Gasteiger partial charge >= 0.3 is 0 Å². The molecule has 0 aromatic heterocycles. The second kappa shape index (κ2) is 9.59. The monoisotopic (exact) mass is 414 g/mol. The topological polar surface area (TPSA) is 35.9 Å². The van der Waals surface area contributed by atoms with Crippen LogP contribution in [0.25, 0.3) is 0 Å². The van der Waals surface area contributed by atoms with Crippen LogP contribution >= 0.6 is 11.6 Å². The zero-order valence-corrected chi connectivity index (χ0v) is 17.8. The van der Waals surface area contributed by atoms with Crippen molar-refractivity contribution >= 4 is 11.6 Å². The SMILES string of the molecule is C[C@H]1CN(C2CCN(Cc3ccccc3)C[C@H]2O)[C@@H](Cc2ccc(Cl)cc2)CO1. The highest BCUT2D eigenvalue weighted by Gasteiger charge is 2.38. The van der Waals surface area contributed by atoms with Gasteiger partial charge in [0.25, 0.3) is 0 Å². The van der Waals surface area contributed by atoms with Crippen LogP contribution in [0.3, 0.4) is 0 Å². The molecule has 4 nitrogen and oxygen atoms in total. The first-order valence-electron chi connectivity index (χ1n) is 10.6. The number of hydrogen-bond donors (Lipinski definition) is 1. The molecule has 2 aliphatic rings. The molecule has 0 amide bonds. The Labute approximate surface area is 179 Å². The first-order chi connectivity index (χ1) is 14.1. The van der Waals surface area contributed by atoms with E-state index in [1.54, 1.807) is 0 Å². The summed E-state index contributed by atoms with van der Waals surface area (Å²) in [6.45, 7) is 6.34. The Morgan fingerprint density at radius 2 is 1.79 bits per heavy atom. The maximum atomic E-state index is 11.0. The van der Waals surface area contributed by atoms with Crippen molar-refractivity contribution in [2.24, 2.45) is 0 Å². The van der Waals surface area contributed by atoms with Gasteiger partial charge in [0, 0.05) is 43.3 Å². The van der Waals surface area contributed by atoms with Gasteiger partial charge in [-0.1, -0.05) is 54.1 Å². The third kappa shape index (κ3) is 5.39. The molecule has 2 fully saturated rings. The van der Waals surface area contributed by atoms with E-state index in [9.17, 15) is 5.11 Å². The zero-order valence-electron chi connectivity index (χ0n) is 17.1. The summed E-state index contributed by atoms with van der Waals surface area (Å²) in [5.41, 5.74) is 2.57. The summed E-state index contributed by atoms with van der Waals surface area (Å²) in [7, 11) is 0. The molecule has 0 saturated carbocycles. The summed E-state index contributed by atoms with van der Waals surface area (Å²) in [6.07, 6.45) is 1.76. The fraction of sp³-hybridized carbons (Fsp3) is 0.500. The van der Waals surface area contributed by atoms with Crippen LogP contribution in [-0.4, -0.2) is 65.4 Å². The largest absolute Gasteiger partial charge is 0.390 e. The van der Waals surface area contributed by atoms with E-state index in [1.165, 1.54) is 11.1 Å². The molecule has 29 heavy (non-hydrogen) atoms. The van der Waals surface area contributed by atoms with Gasteiger partial charge in [0.2, 0.25) is 0 Å². The normalized spacial score (nSPS) is 29.1. The Hall–Kier alpha value is -1.43. The summed E-state index contributed by atoms with van der Waals surface area (Å²) in [5.74, 6) is 0. The highest BCUT2D eigenvalue weighted by Crippen LogP contribution is 2.26. The fourth-order valence-electron chi connectivity index (χ4n) is 4.70. The molecule has 2 aromatic rings. The van der Waals surface area contributed by atoms with Crippen molar-refractivity contribution in [1.82, 2.24) is 9.80 Å². The molecule has 5 heteroatoms. The second-order valence-corrected chi connectivity index (χ2v) is 8.91. The van der Waals surface area contributed by atoms with E-state index in [1.807, 2.05) is 18.2 Å². The van der Waals surface area contributed by atoms with Crippen molar-refractivity contribution in [1.29, 1.82) is 0 Å². The molecule has 156 valence electrons. The number of ether oxygens (including phenoxy) is 1. The number of aliphatic hydroxyl groups excluding tert-OH is 1. The number of benzene rings is 2. The van der Waals surface area contributed by atoms with Gasteiger partial charge in [0.05, 0.1) is 18.8 Å². The van der Waals surface area contributed by atoms with E-state index < -0.39 is 0 Å². The molecule has 4 atom stereocenters. The molecule has 1 unspecified atom stereocenters. The quantitative estimate of drug-likeness (QED) is 0.810. The van der Waals surface area contributed by atoms with Gasteiger partial charge in [-0.2, -0.15) is 0 Å². The van der Waals surface area contributed by atoms with Crippen LogP contribution < -0.4 is 0 Å². The number of likely N-dealkylation sites (tertiary alicyclic amines) is 1. The lowest BCUT2D eigenvalue weighted by molar-refractivity contribution is -0.107. The van der Waals surface area contributed by atoms with E-state index in [4.69, 9.17) is 16.3 Å². The van der Waals surface area contributed by atoms with Crippen molar-refractivity contribution in [3.8, 4) is 0 Å². The molecule has 4 rings (SSSR count). The average molecular weight is 415 g/mol. The predicted molar refractivity (Wildman–Crippen MR) is 117 cm³/mol. The molecule has 0 bridgehead atoms. The zero-order chi connectivity index (χ0) is 20.2. The van der Waals surface area contributed by atoms with Crippen molar-refractivity contribution < 1.29 is 9.84 Å². The maximum absolute atomic E-state index is 11.0. The van der Waals surface area contributed by atoms with E-state index in [-0.39, 0.29) is 24.3 Å². The van der Waals surface area contributed by atoms with Gasteiger partial charge in [-0.3, -0.25) is 9.80 Å². The first kappa shape index (κ1) is 20.8. The van der Waals surface area contributed by atoms with E-state index in [0.29, 0.717) is 6.61 Å². The third-order valence-corrected chi connectivity index (χ3v) is 6.45. The Morgan fingerprint density at radius 3 is 2.52 bits per heavy atom. The van der Waals surface area contributed by atoms with Gasteiger partial charge in [0.15, 0.2) is 0 Å². The summed E-state index contributed by atoms with van der Waals surface area (Å²) >= 11 is 6.04. The van der Waals surface area contributed by atoms with E-state index in [0.717, 1.165) is 44.0 Å². The molecular formula is C24H31ClN2O2. The fourth-order valence-corrected chi connectivity index (χ4v) is 4.83. The van der Waals surface area contributed by atoms with Gasteiger partial charge in [0.1, 0.15) is 0 Å². The van der Waals surface area contributed by atoms with Crippen LogP contribution in [0.2, 0.25) is 5.02 Å². The van der Waals surface area contributed by atoms with Gasteiger partial charge in [-0.15, -0.1) is 0 Å². The average Bonchev–Trinajstić information content (AvgIpc) is 2.72. The number of rotatable bonds is 5. The van der Waals surface area contributed by atoms with Crippen LogP contribution in [0.4, 0.5) is 0 Å². The molecule has 0 radical (unpaired) electrons. The summed E-state index contributed by atoms with van der Waals surface area (Å²) in [4.78, 5) is 4.88. The molecule has 2 aliphatic heterocycles. The molecule has 2 heterocycles. The molecule has 0 spiro atoms. The van der Waals surface area contributed by atoms with Crippen molar-refractivity contribution in [3.05, 3.63) is 70.7 Å². The van der Waals surface area contributed by atoms with Crippen LogP contribution in [0.1, 0.15) is 24.5 Å². The standard InChI is InChI=1S/C24H31ClN2O2/c1-18-14-27(22(17-29-18)13-19-7-9-21(25)10-8-19)23-11-12-26(16-24(23)28)15-20-5-3-2-4-6-20/h2-10,18,22-24,28H,11-17H2,1H3/t18-,22-,23?,24+/m0/s1. The minimum atomic E-state index is -0.342. The van der Waals surface area contributed by atoms with Gasteiger partial charge in [-0.25, -0.2) is 0 Å². The maximum Gasteiger partial charge on any atom is 0.0822 e. The smallest absolute Gasteiger partial charge is 0.0822 e. The molecule has 1 N–H and O–H groups in total. The number of β-amino-alcohol motifs (C(OH)–C–C–N with tert-alkyl or cyclic N) is 1. The van der Waals surface area contributed by atoms with Crippen LogP contribution in [-0.2, 0) is 17.7 Å². The van der Waals surface area contributed by atoms with Crippen molar-refractivity contribution in [2.45, 2.75) is 50.6 Å². The van der Waals surface area contributed by atoms with E-state index >= 15 is 0 Å². The van der Waals surface area contributed by atoms with E-state index in [2.05, 4.69) is 53.1 Å². The molecule has 0 aliphatic carbocycles. The number of hydrogen-bond acceptors (Lipinski definition) is 4. The second-order valence-electron chi connectivity index (χ2n) is 8.47. The highest BCUT2D eigenvalue weighted by molar-refractivity contribution is 6.30. The minimum absolute atomic E-state index is 0.186. The lowest BCUT2D eigenvalue weighted by Gasteiger charge is -2.48. The van der Waals surface area contributed by atoms with Crippen LogP contribution in [0, 0.1) is 0 Å². The van der Waals surface area contributed by atoms with Crippen molar-refractivity contribution in [2.75, 3.05) is 26.2 Å². The Kier molecular flexibility index (Phi) is 6.88. The van der Waals surface area contributed by atoms with Crippen LogP contribution in [0.5, 0.6) is 0 Å². The van der Waals surface area contributed by atoms with Gasteiger partial charge < -0.3 is 9.84 Å². The number of halogens is 1. The number of morpholine rings is 1. The lowest BCUT2D eigenvalue weighted by atomic mass is 9.94. The summed E-state index contributed by atoms with van der Waals surface area (Å²) in [6, 6.07) is 19.1. The Bertz CT molecular complexity index is 770. The lowest BCUT2D eigenvalue weighted by Crippen LogP contribution is -2.61. The molecule has 2 saturated heterocycles. The number of piperidine rings is 1. The predicted octanol–water partition coefficient (Wildman–Crippen LogP) is 3.61. The first-order valence-corrected chi connectivity index (χ1v) is 11.0. The summed E-state index contributed by atoms with van der Waals surface area (Å²) < 4.78 is 5.98. The van der Waals surface area contributed by atoms with Gasteiger partial charge in [-0.05, 0) is 43.0 Å². The van der Waals surface area contributed by atoms with Crippen LogP contribution in [0.15, 0.2) is 54.6 Å². The third-order valence-electron chi connectivity index (χ3n) is 6.20. The highest BCUT2D eigenvalue weighted by atomic mass is 35.5. The van der Waals surface area contributed by atoms with Crippen molar-refractivity contribution in [3.63, 3.8) is 0 Å².